The molecule has 0 atom stereocenters. The Balaban J connectivity index is 1.97. The van der Waals surface area contributed by atoms with E-state index in [1.54, 1.807) is 20.9 Å². The fraction of sp³-hybridized carbons (Fsp3) is 0.455. The number of aromatic nitrogens is 7. The van der Waals surface area contributed by atoms with Crippen LogP contribution >= 0.6 is 0 Å². The molecule has 21 heavy (non-hydrogen) atoms. The second-order valence-corrected chi connectivity index (χ2v) is 5.29. The van der Waals surface area contributed by atoms with E-state index in [4.69, 9.17) is 10.3 Å². The highest BCUT2D eigenvalue weighted by atomic mass is 16.5. The number of nitrogens with zero attached hydrogens (tertiary/aromatic N) is 7. The van der Waals surface area contributed by atoms with Gasteiger partial charge >= 0.3 is 0 Å². The maximum atomic E-state index is 12.2. The third-order valence-corrected chi connectivity index (χ3v) is 2.95. The van der Waals surface area contributed by atoms with Crippen molar-refractivity contribution in [2.24, 2.45) is 12.8 Å². The van der Waals surface area contributed by atoms with E-state index in [1.165, 1.54) is 10.9 Å². The lowest BCUT2D eigenvalue weighted by molar-refractivity contribution is 0.347. The van der Waals surface area contributed by atoms with Crippen molar-refractivity contribution < 1.29 is 4.52 Å². The van der Waals surface area contributed by atoms with Gasteiger partial charge in [0.15, 0.2) is 11.5 Å². The number of hydrogen-bond acceptors (Lipinski definition) is 8. The van der Waals surface area contributed by atoms with Crippen molar-refractivity contribution in [3.63, 3.8) is 0 Å². The highest BCUT2D eigenvalue weighted by Gasteiger charge is 2.22. The van der Waals surface area contributed by atoms with Gasteiger partial charge in [-0.25, -0.2) is 9.36 Å². The van der Waals surface area contributed by atoms with Gasteiger partial charge in [0.05, 0.1) is 11.7 Å². The minimum Gasteiger partial charge on any atom is -0.337 e. The molecule has 0 aromatic carbocycles. The number of hydrogen-bond donors (Lipinski definition) is 1. The number of rotatable bonds is 3. The monoisotopic (exact) mass is 290 g/mol. The number of aryl methyl sites for hydroxylation is 1. The van der Waals surface area contributed by atoms with E-state index in [9.17, 15) is 4.79 Å². The molecule has 3 aromatic rings. The molecule has 0 fully saturated rings. The minimum atomic E-state index is -0.717. The van der Waals surface area contributed by atoms with Gasteiger partial charge in [-0.2, -0.15) is 10.1 Å². The van der Waals surface area contributed by atoms with Crippen molar-refractivity contribution >= 4 is 11.0 Å². The van der Waals surface area contributed by atoms with Crippen molar-refractivity contribution in [3.05, 3.63) is 28.3 Å². The third-order valence-electron chi connectivity index (χ3n) is 2.95. The van der Waals surface area contributed by atoms with Crippen molar-refractivity contribution in [2.45, 2.75) is 25.9 Å². The van der Waals surface area contributed by atoms with E-state index in [-0.39, 0.29) is 18.0 Å². The Morgan fingerprint density at radius 1 is 1.43 bits per heavy atom. The maximum absolute atomic E-state index is 12.2. The summed E-state index contributed by atoms with van der Waals surface area (Å²) >= 11 is 0. The van der Waals surface area contributed by atoms with E-state index in [1.807, 2.05) is 0 Å². The fourth-order valence-electron chi connectivity index (χ4n) is 1.79. The molecule has 0 radical (unpaired) electrons. The van der Waals surface area contributed by atoms with Gasteiger partial charge in [-0.05, 0) is 13.8 Å². The predicted octanol–water partition coefficient (Wildman–Crippen LogP) is -0.850. The first-order valence-electron chi connectivity index (χ1n) is 6.24. The van der Waals surface area contributed by atoms with Gasteiger partial charge in [-0.3, -0.25) is 4.79 Å². The highest BCUT2D eigenvalue weighted by molar-refractivity contribution is 5.72. The molecule has 0 spiro atoms. The van der Waals surface area contributed by atoms with Gasteiger partial charge in [-0.1, -0.05) is 10.4 Å². The topological polar surface area (TPSA) is 131 Å². The van der Waals surface area contributed by atoms with E-state index in [0.29, 0.717) is 16.9 Å². The molecule has 0 unspecified atom stereocenters. The van der Waals surface area contributed by atoms with E-state index < -0.39 is 5.54 Å². The summed E-state index contributed by atoms with van der Waals surface area (Å²) in [6.45, 7) is 3.55. The second-order valence-electron chi connectivity index (χ2n) is 5.29. The smallest absolute Gasteiger partial charge is 0.281 e. The Morgan fingerprint density at radius 2 is 2.19 bits per heavy atom. The van der Waals surface area contributed by atoms with Gasteiger partial charge in [0, 0.05) is 7.05 Å². The van der Waals surface area contributed by atoms with E-state index in [0.717, 1.165) is 4.68 Å². The summed E-state index contributed by atoms with van der Waals surface area (Å²) in [5.41, 5.74) is 5.26. The SMILES string of the molecule is Cn1ncc2c(=O)n(Cc3nc(C(C)(C)N)no3)nnc21. The maximum Gasteiger partial charge on any atom is 0.281 e. The normalized spacial score (nSPS) is 12.2. The third kappa shape index (κ3) is 2.29. The van der Waals surface area contributed by atoms with Crippen molar-refractivity contribution in [1.29, 1.82) is 0 Å². The quantitative estimate of drug-likeness (QED) is 0.660. The van der Waals surface area contributed by atoms with Gasteiger partial charge in [0.2, 0.25) is 5.89 Å². The van der Waals surface area contributed by atoms with Crippen LogP contribution in [0.1, 0.15) is 25.6 Å². The number of fused-ring (bicyclic) bond motifs is 1. The van der Waals surface area contributed by atoms with Gasteiger partial charge in [0.1, 0.15) is 11.9 Å². The fourth-order valence-corrected chi connectivity index (χ4v) is 1.79. The van der Waals surface area contributed by atoms with Gasteiger partial charge in [0.25, 0.3) is 5.56 Å². The molecule has 0 bridgehead atoms. The second kappa shape index (κ2) is 4.45. The molecule has 0 aliphatic heterocycles. The average molecular weight is 290 g/mol. The summed E-state index contributed by atoms with van der Waals surface area (Å²) in [6, 6.07) is 0. The van der Waals surface area contributed by atoms with Crippen LogP contribution in [0.25, 0.3) is 11.0 Å². The molecule has 0 saturated heterocycles. The predicted molar refractivity (Wildman–Crippen MR) is 71.2 cm³/mol. The summed E-state index contributed by atoms with van der Waals surface area (Å²) in [5.74, 6) is 0.601. The first-order chi connectivity index (χ1) is 9.86. The van der Waals surface area contributed by atoms with Crippen LogP contribution in [-0.2, 0) is 19.1 Å². The summed E-state index contributed by atoms with van der Waals surface area (Å²) in [4.78, 5) is 16.4. The van der Waals surface area contributed by atoms with Gasteiger partial charge in [-0.15, -0.1) is 5.10 Å². The van der Waals surface area contributed by atoms with Crippen LogP contribution < -0.4 is 11.3 Å². The molecule has 110 valence electrons. The largest absolute Gasteiger partial charge is 0.337 e. The van der Waals surface area contributed by atoms with Crippen LogP contribution in [0.15, 0.2) is 15.5 Å². The van der Waals surface area contributed by atoms with Crippen LogP contribution in [0.4, 0.5) is 0 Å². The lowest BCUT2D eigenvalue weighted by Crippen LogP contribution is -2.30. The van der Waals surface area contributed by atoms with Crippen molar-refractivity contribution in [1.82, 2.24) is 34.9 Å². The van der Waals surface area contributed by atoms with Crippen molar-refractivity contribution in [2.75, 3.05) is 0 Å². The Kier molecular flexibility index (Phi) is 2.83. The lowest BCUT2D eigenvalue weighted by Gasteiger charge is -2.11. The summed E-state index contributed by atoms with van der Waals surface area (Å²) in [5, 5.41) is 15.9. The summed E-state index contributed by atoms with van der Waals surface area (Å²) in [7, 11) is 1.69. The van der Waals surface area contributed by atoms with E-state index in [2.05, 4.69) is 25.6 Å². The molecule has 10 nitrogen and oxygen atoms in total. The van der Waals surface area contributed by atoms with E-state index >= 15 is 0 Å². The Morgan fingerprint density at radius 3 is 2.86 bits per heavy atom. The Hall–Kier alpha value is -2.62. The first-order valence-corrected chi connectivity index (χ1v) is 6.24. The molecule has 0 aliphatic rings. The summed E-state index contributed by atoms with van der Waals surface area (Å²) < 4.78 is 7.70. The molecule has 0 amide bonds. The van der Waals surface area contributed by atoms with Crippen LogP contribution in [-0.4, -0.2) is 34.9 Å². The molecular formula is C11H14N8O2. The molecule has 3 aromatic heterocycles. The zero-order chi connectivity index (χ0) is 15.2. The zero-order valence-corrected chi connectivity index (χ0v) is 11.8. The molecule has 0 saturated carbocycles. The molecule has 0 aliphatic carbocycles. The Labute approximate surface area is 118 Å². The highest BCUT2D eigenvalue weighted by Crippen LogP contribution is 2.12. The van der Waals surface area contributed by atoms with Crippen LogP contribution in [0.5, 0.6) is 0 Å². The molecule has 2 N–H and O–H groups in total. The zero-order valence-electron chi connectivity index (χ0n) is 11.8. The Bertz CT molecular complexity index is 853. The molecule has 10 heteroatoms. The van der Waals surface area contributed by atoms with Crippen molar-refractivity contribution in [3.8, 4) is 0 Å². The first kappa shape index (κ1) is 13.4. The molecule has 3 rings (SSSR count). The van der Waals surface area contributed by atoms with Crippen LogP contribution in [0, 0.1) is 0 Å². The average Bonchev–Trinajstić information content (AvgIpc) is 3.00. The molecule has 3 heterocycles. The van der Waals surface area contributed by atoms with Gasteiger partial charge < -0.3 is 10.3 Å². The van der Waals surface area contributed by atoms with Crippen LogP contribution in [0.2, 0.25) is 0 Å². The standard InChI is InChI=1S/C11H14N8O2/c1-11(2,12)10-14-7(21-16-10)5-19-9(20)6-4-13-18(3)8(6)15-17-19/h4H,5,12H2,1-3H3. The van der Waals surface area contributed by atoms with Crippen LogP contribution in [0.3, 0.4) is 0 Å². The minimum absolute atomic E-state index is 0.0275. The summed E-state index contributed by atoms with van der Waals surface area (Å²) in [6.07, 6.45) is 1.45. The lowest BCUT2D eigenvalue weighted by atomic mass is 10.1. The number of nitrogens with two attached hydrogens (primary N) is 1. The molecular weight excluding hydrogens is 276 g/mol.